The van der Waals surface area contributed by atoms with Crippen LogP contribution in [0.5, 0.6) is 0 Å². The topological polar surface area (TPSA) is 56.1 Å². The zero-order valence-electron chi connectivity index (χ0n) is 10.6. The zero-order chi connectivity index (χ0) is 14.1. The molecule has 19 heavy (non-hydrogen) atoms. The molecule has 0 unspecified atom stereocenters. The first kappa shape index (κ1) is 15.3. The van der Waals surface area contributed by atoms with Gasteiger partial charge in [0.05, 0.1) is 24.4 Å². The van der Waals surface area contributed by atoms with Gasteiger partial charge in [0, 0.05) is 6.54 Å². The molecule has 0 aliphatic carbocycles. The van der Waals surface area contributed by atoms with E-state index in [1.807, 2.05) is 0 Å². The molecule has 6 heteroatoms. The van der Waals surface area contributed by atoms with Crippen molar-refractivity contribution in [1.82, 2.24) is 9.78 Å². The van der Waals surface area contributed by atoms with E-state index < -0.39 is 0 Å². The highest BCUT2D eigenvalue weighted by atomic mass is 35.5. The van der Waals surface area contributed by atoms with Gasteiger partial charge in [-0.2, -0.15) is 5.10 Å². The Bertz CT molecular complexity index is 520. The van der Waals surface area contributed by atoms with Gasteiger partial charge in [-0.1, -0.05) is 23.6 Å². The molecule has 0 saturated carbocycles. The third-order valence-corrected chi connectivity index (χ3v) is 2.54. The van der Waals surface area contributed by atoms with E-state index >= 15 is 0 Å². The van der Waals surface area contributed by atoms with Crippen LogP contribution < -0.4 is 10.9 Å². The Kier molecular flexibility index (Phi) is 6.72. The monoisotopic (exact) mass is 281 g/mol. The van der Waals surface area contributed by atoms with Crippen LogP contribution in [0.3, 0.4) is 0 Å². The Morgan fingerprint density at radius 3 is 3.11 bits per heavy atom. The van der Waals surface area contributed by atoms with Gasteiger partial charge in [0.1, 0.15) is 12.2 Å². The first-order chi connectivity index (χ1) is 9.20. The molecule has 102 valence electrons. The summed E-state index contributed by atoms with van der Waals surface area (Å²) < 4.78 is 6.49. The second kappa shape index (κ2) is 8.35. The van der Waals surface area contributed by atoms with Crippen LogP contribution in [-0.2, 0) is 11.3 Å². The number of anilines is 1. The van der Waals surface area contributed by atoms with Crippen molar-refractivity contribution in [2.75, 3.05) is 25.1 Å². The molecule has 1 aromatic heterocycles. The molecule has 1 N–H and O–H groups in total. The number of nitrogens with zero attached hydrogens (tertiary/aromatic N) is 2. The largest absolute Gasteiger partial charge is 0.379 e. The minimum Gasteiger partial charge on any atom is -0.379 e. The third-order valence-electron chi connectivity index (χ3n) is 2.25. The molecule has 0 spiro atoms. The molecule has 0 amide bonds. The summed E-state index contributed by atoms with van der Waals surface area (Å²) in [5.74, 6) is 2.36. The van der Waals surface area contributed by atoms with Crippen molar-refractivity contribution in [3.8, 4) is 12.3 Å². The molecular weight excluding hydrogens is 266 g/mol. The van der Waals surface area contributed by atoms with E-state index in [1.165, 1.54) is 10.9 Å². The standard InChI is InChI=1S/C13H16ClN3O2/c1-3-5-8-19-9-6-15-12-11(14)10-16-17(7-4-2)13(12)18/h2-3,10,15H,1,5-9H2. The number of ether oxygens (including phenoxy) is 1. The van der Waals surface area contributed by atoms with Gasteiger partial charge >= 0.3 is 0 Å². The number of terminal acetylenes is 1. The molecule has 5 nitrogen and oxygen atoms in total. The molecule has 1 heterocycles. The molecule has 0 saturated heterocycles. The maximum atomic E-state index is 11.9. The first-order valence-corrected chi connectivity index (χ1v) is 6.20. The summed E-state index contributed by atoms with van der Waals surface area (Å²) in [6, 6.07) is 0. The van der Waals surface area contributed by atoms with Gasteiger partial charge in [-0.3, -0.25) is 4.79 Å². The van der Waals surface area contributed by atoms with Gasteiger partial charge in [0.2, 0.25) is 0 Å². The van der Waals surface area contributed by atoms with Crippen molar-refractivity contribution in [2.24, 2.45) is 0 Å². The Balaban J connectivity index is 2.58. The molecule has 1 rings (SSSR count). The summed E-state index contributed by atoms with van der Waals surface area (Å²) >= 11 is 5.92. The quantitative estimate of drug-likeness (QED) is 0.446. The van der Waals surface area contributed by atoms with E-state index in [4.69, 9.17) is 22.8 Å². The number of rotatable bonds is 8. The van der Waals surface area contributed by atoms with Crippen molar-refractivity contribution < 1.29 is 4.74 Å². The van der Waals surface area contributed by atoms with Gasteiger partial charge in [-0.15, -0.1) is 13.0 Å². The summed E-state index contributed by atoms with van der Waals surface area (Å²) in [6.07, 6.45) is 9.12. The summed E-state index contributed by atoms with van der Waals surface area (Å²) in [4.78, 5) is 11.9. The van der Waals surface area contributed by atoms with Crippen LogP contribution in [-0.4, -0.2) is 29.5 Å². The molecule has 0 fully saturated rings. The van der Waals surface area contributed by atoms with Crippen LogP contribution in [0, 0.1) is 12.3 Å². The number of halogens is 1. The van der Waals surface area contributed by atoms with E-state index in [-0.39, 0.29) is 17.1 Å². The highest BCUT2D eigenvalue weighted by Crippen LogP contribution is 2.14. The third kappa shape index (κ3) is 4.78. The predicted molar refractivity (Wildman–Crippen MR) is 76.5 cm³/mol. The second-order valence-corrected chi connectivity index (χ2v) is 4.06. The lowest BCUT2D eigenvalue weighted by atomic mass is 10.4. The smallest absolute Gasteiger partial charge is 0.292 e. The lowest BCUT2D eigenvalue weighted by Crippen LogP contribution is -2.26. The number of aromatic nitrogens is 2. The highest BCUT2D eigenvalue weighted by molar-refractivity contribution is 6.32. The Labute approximate surface area is 117 Å². The molecule has 0 aliphatic heterocycles. The summed E-state index contributed by atoms with van der Waals surface area (Å²) in [7, 11) is 0. The number of hydrogen-bond acceptors (Lipinski definition) is 4. The molecular formula is C13H16ClN3O2. The van der Waals surface area contributed by atoms with E-state index in [9.17, 15) is 4.79 Å². The Morgan fingerprint density at radius 2 is 2.42 bits per heavy atom. The van der Waals surface area contributed by atoms with Crippen LogP contribution in [0.25, 0.3) is 0 Å². The minimum atomic E-state index is -0.337. The minimum absolute atomic E-state index is 0.112. The van der Waals surface area contributed by atoms with Crippen molar-refractivity contribution in [3.05, 3.63) is 34.2 Å². The van der Waals surface area contributed by atoms with Gasteiger partial charge < -0.3 is 10.1 Å². The normalized spacial score (nSPS) is 9.89. The van der Waals surface area contributed by atoms with Crippen LogP contribution in [0.4, 0.5) is 5.69 Å². The number of hydrogen-bond donors (Lipinski definition) is 1. The van der Waals surface area contributed by atoms with Crippen LogP contribution in [0.2, 0.25) is 5.02 Å². The van der Waals surface area contributed by atoms with Crippen molar-refractivity contribution in [3.63, 3.8) is 0 Å². The van der Waals surface area contributed by atoms with Crippen LogP contribution >= 0.6 is 11.6 Å². The summed E-state index contributed by atoms with van der Waals surface area (Å²) in [5, 5.41) is 7.04. The van der Waals surface area contributed by atoms with Gasteiger partial charge in [0.25, 0.3) is 5.56 Å². The van der Waals surface area contributed by atoms with E-state index in [0.717, 1.165) is 6.42 Å². The lowest BCUT2D eigenvalue weighted by Gasteiger charge is -2.09. The number of nitrogens with one attached hydrogen (secondary N) is 1. The van der Waals surface area contributed by atoms with E-state index in [0.29, 0.717) is 25.4 Å². The average molecular weight is 282 g/mol. The summed E-state index contributed by atoms with van der Waals surface area (Å²) in [5.41, 5.74) is -0.0456. The molecule has 1 aromatic rings. The Hall–Kier alpha value is -1.77. The molecule has 0 aliphatic rings. The fourth-order valence-corrected chi connectivity index (χ4v) is 1.54. The Morgan fingerprint density at radius 1 is 1.63 bits per heavy atom. The van der Waals surface area contributed by atoms with Gasteiger partial charge in [-0.05, 0) is 6.42 Å². The average Bonchev–Trinajstić information content (AvgIpc) is 2.40. The SMILES string of the molecule is C#CCn1ncc(Cl)c(NCCOCCC=C)c1=O. The van der Waals surface area contributed by atoms with Crippen LogP contribution in [0.15, 0.2) is 23.6 Å². The lowest BCUT2D eigenvalue weighted by molar-refractivity contribution is 0.149. The van der Waals surface area contributed by atoms with E-state index in [1.54, 1.807) is 6.08 Å². The zero-order valence-corrected chi connectivity index (χ0v) is 11.3. The maximum absolute atomic E-state index is 11.9. The van der Waals surface area contributed by atoms with Crippen molar-refractivity contribution in [1.29, 1.82) is 0 Å². The highest BCUT2D eigenvalue weighted by Gasteiger charge is 2.08. The first-order valence-electron chi connectivity index (χ1n) is 5.82. The maximum Gasteiger partial charge on any atom is 0.292 e. The molecule has 0 aromatic carbocycles. The van der Waals surface area contributed by atoms with Crippen LogP contribution in [0.1, 0.15) is 6.42 Å². The van der Waals surface area contributed by atoms with E-state index in [2.05, 4.69) is 22.9 Å². The molecule has 0 bridgehead atoms. The fourth-order valence-electron chi connectivity index (χ4n) is 1.34. The summed E-state index contributed by atoms with van der Waals surface area (Å²) in [6.45, 7) is 5.27. The fraction of sp³-hybridized carbons (Fsp3) is 0.385. The predicted octanol–water partition coefficient (Wildman–Crippen LogP) is 1.53. The van der Waals surface area contributed by atoms with Crippen molar-refractivity contribution in [2.45, 2.75) is 13.0 Å². The van der Waals surface area contributed by atoms with Gasteiger partial charge in [0.15, 0.2) is 0 Å². The van der Waals surface area contributed by atoms with Gasteiger partial charge in [-0.25, -0.2) is 4.68 Å². The van der Waals surface area contributed by atoms with Crippen molar-refractivity contribution >= 4 is 17.3 Å². The molecule has 0 radical (unpaired) electrons. The molecule has 0 atom stereocenters. The second-order valence-electron chi connectivity index (χ2n) is 3.65.